The summed E-state index contributed by atoms with van der Waals surface area (Å²) in [6, 6.07) is 2.73. The van der Waals surface area contributed by atoms with Gasteiger partial charge >= 0.3 is 6.18 Å². The smallest absolute Gasteiger partial charge is 0.433 e. The van der Waals surface area contributed by atoms with Crippen molar-refractivity contribution in [3.63, 3.8) is 0 Å². The van der Waals surface area contributed by atoms with E-state index in [4.69, 9.17) is 16.3 Å². The molecule has 1 aliphatic rings. The number of ether oxygens (including phenoxy) is 1. The van der Waals surface area contributed by atoms with E-state index in [2.05, 4.69) is 15.3 Å². The van der Waals surface area contributed by atoms with Crippen LogP contribution in [0.25, 0.3) is 0 Å². The predicted octanol–water partition coefficient (Wildman–Crippen LogP) is 3.89. The zero-order chi connectivity index (χ0) is 16.8. The molecule has 0 saturated heterocycles. The van der Waals surface area contributed by atoms with Crippen LogP contribution in [0.15, 0.2) is 24.5 Å². The number of fused-ring (bicyclic) bond motifs is 1. The third-order valence-electron chi connectivity index (χ3n) is 4.03. The fraction of sp³-hybridized carbons (Fsp3) is 0.333. The number of hydrogen-bond acceptors (Lipinski definition) is 4. The number of nitrogens with zero attached hydrogens (tertiary/aromatic N) is 2. The zero-order valence-corrected chi connectivity index (χ0v) is 13.1. The third-order valence-corrected chi connectivity index (χ3v) is 4.23. The molecule has 1 atom stereocenters. The average Bonchev–Trinajstić information content (AvgIpc) is 2.84. The van der Waals surface area contributed by atoms with Crippen LogP contribution in [0.1, 0.15) is 23.7 Å². The normalized spacial score (nSPS) is 20.1. The van der Waals surface area contributed by atoms with E-state index in [1.54, 1.807) is 6.07 Å². The van der Waals surface area contributed by atoms with Gasteiger partial charge in [0, 0.05) is 41.2 Å². The molecule has 23 heavy (non-hydrogen) atoms. The van der Waals surface area contributed by atoms with Crippen LogP contribution in [0.2, 0.25) is 5.02 Å². The topological polar surface area (TPSA) is 47.0 Å². The van der Waals surface area contributed by atoms with E-state index in [-0.39, 0.29) is 0 Å². The largest absolute Gasteiger partial charge is 0.481 e. The second kappa shape index (κ2) is 5.26. The highest BCUT2D eigenvalue weighted by Crippen LogP contribution is 2.45. The molecule has 0 saturated carbocycles. The Hall–Kier alpha value is -2.02. The molecule has 3 heterocycles. The average molecular weight is 344 g/mol. The van der Waals surface area contributed by atoms with E-state index in [1.165, 1.54) is 19.5 Å². The molecule has 2 aromatic heterocycles. The van der Waals surface area contributed by atoms with E-state index in [0.29, 0.717) is 34.3 Å². The minimum atomic E-state index is -4.48. The van der Waals surface area contributed by atoms with Gasteiger partial charge in [-0.1, -0.05) is 11.6 Å². The minimum Gasteiger partial charge on any atom is -0.481 e. The lowest BCUT2D eigenvalue weighted by Gasteiger charge is -2.26. The molecule has 2 aromatic rings. The molecule has 0 spiro atoms. The van der Waals surface area contributed by atoms with Crippen LogP contribution in [0.5, 0.6) is 5.88 Å². The Bertz CT molecular complexity index is 766. The fourth-order valence-corrected chi connectivity index (χ4v) is 2.95. The number of methoxy groups -OCH3 is 1. The summed E-state index contributed by atoms with van der Waals surface area (Å²) in [7, 11) is 1.48. The van der Waals surface area contributed by atoms with E-state index in [0.717, 1.165) is 6.07 Å². The van der Waals surface area contributed by atoms with Gasteiger partial charge in [-0.3, -0.25) is 4.98 Å². The Morgan fingerprint density at radius 3 is 2.61 bits per heavy atom. The third kappa shape index (κ3) is 2.59. The second-order valence-corrected chi connectivity index (χ2v) is 5.95. The van der Waals surface area contributed by atoms with E-state index < -0.39 is 17.3 Å². The molecule has 0 aromatic carbocycles. The molecule has 0 unspecified atom stereocenters. The first-order valence-electron chi connectivity index (χ1n) is 6.77. The summed E-state index contributed by atoms with van der Waals surface area (Å²) < 4.78 is 43.7. The summed E-state index contributed by atoms with van der Waals surface area (Å²) in [6.07, 6.45) is -1.77. The maximum atomic E-state index is 12.8. The molecule has 3 rings (SSSR count). The summed E-state index contributed by atoms with van der Waals surface area (Å²) in [5, 5.41) is 3.43. The summed E-state index contributed by atoms with van der Waals surface area (Å²) in [6.45, 7) is 2.28. The molecule has 0 radical (unpaired) electrons. The Balaban J connectivity index is 2.13. The fourth-order valence-electron chi connectivity index (χ4n) is 2.79. The number of pyridine rings is 2. The van der Waals surface area contributed by atoms with Crippen molar-refractivity contribution < 1.29 is 17.9 Å². The van der Waals surface area contributed by atoms with Gasteiger partial charge in [-0.15, -0.1) is 0 Å². The van der Waals surface area contributed by atoms with Crippen molar-refractivity contribution in [2.45, 2.75) is 18.5 Å². The lowest BCUT2D eigenvalue weighted by molar-refractivity contribution is -0.141. The van der Waals surface area contributed by atoms with Gasteiger partial charge in [0.1, 0.15) is 5.69 Å². The maximum Gasteiger partial charge on any atom is 0.433 e. The lowest BCUT2D eigenvalue weighted by Crippen LogP contribution is -2.27. The van der Waals surface area contributed by atoms with Crippen molar-refractivity contribution >= 4 is 17.3 Å². The van der Waals surface area contributed by atoms with Crippen molar-refractivity contribution in [1.29, 1.82) is 0 Å². The Labute approximate surface area is 135 Å². The van der Waals surface area contributed by atoms with Crippen LogP contribution in [0, 0.1) is 0 Å². The Morgan fingerprint density at radius 2 is 1.96 bits per heavy atom. The van der Waals surface area contributed by atoms with Gasteiger partial charge in [0.05, 0.1) is 12.1 Å². The summed E-state index contributed by atoms with van der Waals surface area (Å²) in [5.41, 5.74) is 0.171. The first-order chi connectivity index (χ1) is 10.8. The number of halogens is 4. The number of anilines is 1. The van der Waals surface area contributed by atoms with Gasteiger partial charge in [-0.25, -0.2) is 4.98 Å². The van der Waals surface area contributed by atoms with Crippen molar-refractivity contribution in [1.82, 2.24) is 9.97 Å². The first-order valence-corrected chi connectivity index (χ1v) is 7.15. The van der Waals surface area contributed by atoms with Gasteiger partial charge in [0.2, 0.25) is 5.88 Å². The molecule has 0 fully saturated rings. The van der Waals surface area contributed by atoms with Crippen molar-refractivity contribution in [3.8, 4) is 5.88 Å². The van der Waals surface area contributed by atoms with Crippen LogP contribution in [-0.4, -0.2) is 23.6 Å². The molecular formula is C15H13ClF3N3O. The maximum absolute atomic E-state index is 12.8. The van der Waals surface area contributed by atoms with Crippen LogP contribution >= 0.6 is 11.6 Å². The summed E-state index contributed by atoms with van der Waals surface area (Å²) in [5.74, 6) is 0.381. The quantitative estimate of drug-likeness (QED) is 0.898. The Kier molecular flexibility index (Phi) is 3.63. The van der Waals surface area contributed by atoms with Crippen LogP contribution in [0.3, 0.4) is 0 Å². The molecular weight excluding hydrogens is 331 g/mol. The molecule has 8 heteroatoms. The molecule has 1 N–H and O–H groups in total. The van der Waals surface area contributed by atoms with Crippen molar-refractivity contribution in [2.75, 3.05) is 19.0 Å². The molecule has 1 aliphatic heterocycles. The molecule has 0 amide bonds. The van der Waals surface area contributed by atoms with Crippen molar-refractivity contribution in [2.24, 2.45) is 0 Å². The molecule has 0 aliphatic carbocycles. The van der Waals surface area contributed by atoms with Gasteiger partial charge in [0.15, 0.2) is 0 Å². The van der Waals surface area contributed by atoms with E-state index in [1.807, 2.05) is 6.92 Å². The van der Waals surface area contributed by atoms with Gasteiger partial charge in [-0.2, -0.15) is 13.2 Å². The van der Waals surface area contributed by atoms with Crippen LogP contribution in [-0.2, 0) is 11.6 Å². The highest BCUT2D eigenvalue weighted by atomic mass is 35.5. The first kappa shape index (κ1) is 15.9. The van der Waals surface area contributed by atoms with Crippen LogP contribution in [0.4, 0.5) is 18.9 Å². The zero-order valence-electron chi connectivity index (χ0n) is 12.3. The Morgan fingerprint density at radius 1 is 1.22 bits per heavy atom. The highest BCUT2D eigenvalue weighted by molar-refractivity contribution is 6.30. The van der Waals surface area contributed by atoms with E-state index in [9.17, 15) is 13.2 Å². The van der Waals surface area contributed by atoms with Crippen LogP contribution < -0.4 is 10.1 Å². The molecule has 4 nitrogen and oxygen atoms in total. The van der Waals surface area contributed by atoms with Crippen molar-refractivity contribution in [3.05, 3.63) is 46.4 Å². The number of alkyl halides is 3. The molecule has 0 bridgehead atoms. The number of hydrogen-bond donors (Lipinski definition) is 1. The molecule has 122 valence electrons. The SMILES string of the molecule is COc1ncc(Cl)cc1[C@@]1(C)CNc2cc(C(F)(F)F)ncc21. The number of nitrogens with one attached hydrogen (secondary N) is 1. The minimum absolute atomic E-state index is 0.381. The number of rotatable bonds is 2. The highest BCUT2D eigenvalue weighted by Gasteiger charge is 2.41. The monoisotopic (exact) mass is 343 g/mol. The van der Waals surface area contributed by atoms with E-state index >= 15 is 0 Å². The van der Waals surface area contributed by atoms with Gasteiger partial charge in [-0.05, 0) is 19.1 Å². The van der Waals surface area contributed by atoms with Gasteiger partial charge < -0.3 is 10.1 Å². The van der Waals surface area contributed by atoms with Gasteiger partial charge in [0.25, 0.3) is 0 Å². The lowest BCUT2D eigenvalue weighted by atomic mass is 9.79. The summed E-state index contributed by atoms with van der Waals surface area (Å²) in [4.78, 5) is 7.70. The predicted molar refractivity (Wildman–Crippen MR) is 80.0 cm³/mol. The standard InChI is InChI=1S/C15H13ClF3N3O/c1-14(9-3-8(16)5-21-13(9)23-2)7-22-11-4-12(15(17,18)19)20-6-10(11)14/h3-6,22H,7H2,1-2H3/t14-/m1/s1. The summed E-state index contributed by atoms with van der Waals surface area (Å²) >= 11 is 6.02. The second-order valence-electron chi connectivity index (χ2n) is 5.51. The number of aromatic nitrogens is 2.